The Balaban J connectivity index is 1.46. The topological polar surface area (TPSA) is 82.2 Å². The maximum atomic E-state index is 12.3. The van der Waals surface area contributed by atoms with Crippen LogP contribution in [0.1, 0.15) is 25.7 Å². The number of nitrogens with zero attached hydrogens (tertiary/aromatic N) is 3. The smallest absolute Gasteiger partial charge is 0.319 e. The molecule has 1 heterocycles. The summed E-state index contributed by atoms with van der Waals surface area (Å²) in [6.07, 6.45) is 5.52. The van der Waals surface area contributed by atoms with Gasteiger partial charge >= 0.3 is 6.03 Å². The van der Waals surface area contributed by atoms with Crippen LogP contribution in [0.3, 0.4) is 0 Å². The predicted octanol–water partition coefficient (Wildman–Crippen LogP) is 4.61. The van der Waals surface area contributed by atoms with Crippen molar-refractivity contribution in [1.29, 1.82) is 0 Å². The van der Waals surface area contributed by atoms with Gasteiger partial charge in [-0.05, 0) is 65.9 Å². The van der Waals surface area contributed by atoms with E-state index in [1.807, 2.05) is 43.3 Å². The van der Waals surface area contributed by atoms with Crippen LogP contribution in [0.4, 0.5) is 22.2 Å². The standard InChI is InChI=1S/C19H24Br2N6O/c1-27(2)17-9-10-22-18(26-17)23-13-4-6-14(7-5-13)24-19(28)25-16-8-3-12(20)11-15(16)21/h3,8-11,13-14H,4-7H2,1-2H3,(H,22,23,26)(H2,24,25,28). The van der Waals surface area contributed by atoms with E-state index < -0.39 is 0 Å². The number of amides is 2. The first-order chi connectivity index (χ1) is 13.4. The average molecular weight is 512 g/mol. The second-order valence-corrected chi connectivity index (χ2v) is 8.82. The van der Waals surface area contributed by atoms with Gasteiger partial charge in [-0.3, -0.25) is 0 Å². The lowest BCUT2D eigenvalue weighted by molar-refractivity contribution is 0.243. The van der Waals surface area contributed by atoms with E-state index in [1.165, 1.54) is 0 Å². The van der Waals surface area contributed by atoms with Gasteiger partial charge in [0.1, 0.15) is 5.82 Å². The summed E-state index contributed by atoms with van der Waals surface area (Å²) in [5.74, 6) is 1.53. The third kappa shape index (κ3) is 5.81. The molecule has 1 aromatic heterocycles. The molecule has 9 heteroatoms. The van der Waals surface area contributed by atoms with Crippen molar-refractivity contribution in [2.24, 2.45) is 0 Å². The second-order valence-electron chi connectivity index (χ2n) is 7.05. The van der Waals surface area contributed by atoms with Gasteiger partial charge in [-0.1, -0.05) is 15.9 Å². The van der Waals surface area contributed by atoms with Crippen LogP contribution in [0.25, 0.3) is 0 Å². The molecule has 0 radical (unpaired) electrons. The summed E-state index contributed by atoms with van der Waals surface area (Å²) in [7, 11) is 3.92. The fraction of sp³-hybridized carbons (Fsp3) is 0.421. The van der Waals surface area contributed by atoms with Gasteiger partial charge in [0.2, 0.25) is 5.95 Å². The van der Waals surface area contributed by atoms with Crippen molar-refractivity contribution >= 4 is 55.3 Å². The Hall–Kier alpha value is -1.87. The highest BCUT2D eigenvalue weighted by molar-refractivity contribution is 9.11. The summed E-state index contributed by atoms with van der Waals surface area (Å²) in [6, 6.07) is 7.84. The molecule has 1 fully saturated rings. The average Bonchev–Trinajstić information content (AvgIpc) is 2.66. The highest BCUT2D eigenvalue weighted by Crippen LogP contribution is 2.26. The van der Waals surface area contributed by atoms with Gasteiger partial charge in [0.25, 0.3) is 0 Å². The number of carbonyl (C=O) groups is 1. The number of anilines is 3. The molecule has 7 nitrogen and oxygen atoms in total. The molecule has 28 heavy (non-hydrogen) atoms. The zero-order valence-corrected chi connectivity index (χ0v) is 19.0. The molecule has 3 rings (SSSR count). The fourth-order valence-corrected chi connectivity index (χ4v) is 4.31. The molecule has 2 aromatic rings. The molecule has 3 N–H and O–H groups in total. The molecule has 1 aromatic carbocycles. The first kappa shape index (κ1) is 20.9. The Bertz CT molecular complexity index is 824. The SMILES string of the molecule is CN(C)c1ccnc(NC2CCC(NC(=O)Nc3ccc(Br)cc3Br)CC2)n1. The second kappa shape index (κ2) is 9.56. The molecule has 150 valence electrons. The van der Waals surface area contributed by atoms with Crippen LogP contribution in [0, 0.1) is 0 Å². The quantitative estimate of drug-likeness (QED) is 0.546. The molecule has 1 aliphatic rings. The lowest BCUT2D eigenvalue weighted by atomic mass is 9.91. The van der Waals surface area contributed by atoms with Crippen LogP contribution < -0.4 is 20.9 Å². The van der Waals surface area contributed by atoms with Crippen molar-refractivity contribution in [1.82, 2.24) is 15.3 Å². The van der Waals surface area contributed by atoms with E-state index in [0.717, 1.165) is 46.1 Å². The van der Waals surface area contributed by atoms with Crippen molar-refractivity contribution in [2.45, 2.75) is 37.8 Å². The van der Waals surface area contributed by atoms with Gasteiger partial charge < -0.3 is 20.9 Å². The minimum absolute atomic E-state index is 0.168. The molecule has 0 spiro atoms. The fourth-order valence-electron chi connectivity index (χ4n) is 3.17. The Morgan fingerprint density at radius 3 is 2.50 bits per heavy atom. The molecule has 2 amide bonds. The first-order valence-corrected chi connectivity index (χ1v) is 10.8. The van der Waals surface area contributed by atoms with E-state index in [9.17, 15) is 4.79 Å². The van der Waals surface area contributed by atoms with Gasteiger partial charge in [0.15, 0.2) is 0 Å². The Kier molecular flexibility index (Phi) is 7.12. The summed E-state index contributed by atoms with van der Waals surface area (Å²) in [4.78, 5) is 23.1. The third-order valence-electron chi connectivity index (χ3n) is 4.67. The van der Waals surface area contributed by atoms with Crippen LogP contribution in [0.2, 0.25) is 0 Å². The summed E-state index contributed by atoms with van der Waals surface area (Å²) in [6.45, 7) is 0. The normalized spacial score (nSPS) is 19.0. The van der Waals surface area contributed by atoms with Crippen LogP contribution in [0.15, 0.2) is 39.4 Å². The third-order valence-corrected chi connectivity index (χ3v) is 5.82. The minimum atomic E-state index is -0.179. The Morgan fingerprint density at radius 1 is 1.11 bits per heavy atom. The summed E-state index contributed by atoms with van der Waals surface area (Å²) >= 11 is 6.87. The maximum absolute atomic E-state index is 12.3. The zero-order valence-electron chi connectivity index (χ0n) is 15.9. The van der Waals surface area contributed by atoms with Crippen molar-refractivity contribution in [3.05, 3.63) is 39.4 Å². The number of halogens is 2. The van der Waals surface area contributed by atoms with Crippen LogP contribution in [-0.2, 0) is 0 Å². The van der Waals surface area contributed by atoms with Crippen LogP contribution in [-0.4, -0.2) is 42.2 Å². The van der Waals surface area contributed by atoms with Crippen molar-refractivity contribution < 1.29 is 4.79 Å². The summed E-state index contributed by atoms with van der Waals surface area (Å²) in [5.41, 5.74) is 0.744. The van der Waals surface area contributed by atoms with Gasteiger partial charge in [0, 0.05) is 41.3 Å². The molecule has 0 unspecified atom stereocenters. The highest BCUT2D eigenvalue weighted by Gasteiger charge is 2.23. The van der Waals surface area contributed by atoms with Gasteiger partial charge in [0.05, 0.1) is 5.69 Å². The van der Waals surface area contributed by atoms with Crippen LogP contribution >= 0.6 is 31.9 Å². The molecule has 0 atom stereocenters. The number of aromatic nitrogens is 2. The Labute approximate surface area is 182 Å². The van der Waals surface area contributed by atoms with E-state index in [0.29, 0.717) is 12.0 Å². The zero-order chi connectivity index (χ0) is 20.1. The summed E-state index contributed by atoms with van der Waals surface area (Å²) in [5, 5.41) is 9.38. The van der Waals surface area contributed by atoms with Crippen molar-refractivity contribution in [2.75, 3.05) is 29.6 Å². The lowest BCUT2D eigenvalue weighted by Crippen LogP contribution is -2.42. The van der Waals surface area contributed by atoms with Gasteiger partial charge in [-0.15, -0.1) is 0 Å². The molecule has 1 saturated carbocycles. The van der Waals surface area contributed by atoms with Crippen molar-refractivity contribution in [3.63, 3.8) is 0 Å². The predicted molar refractivity (Wildman–Crippen MR) is 120 cm³/mol. The molecule has 1 aliphatic carbocycles. The largest absolute Gasteiger partial charge is 0.363 e. The molecule has 0 saturated heterocycles. The van der Waals surface area contributed by atoms with Gasteiger partial charge in [-0.25, -0.2) is 9.78 Å². The minimum Gasteiger partial charge on any atom is -0.363 e. The number of benzene rings is 1. The Morgan fingerprint density at radius 2 is 1.82 bits per heavy atom. The van der Waals surface area contributed by atoms with Crippen molar-refractivity contribution in [3.8, 4) is 0 Å². The van der Waals surface area contributed by atoms with Gasteiger partial charge in [-0.2, -0.15) is 4.98 Å². The number of nitrogens with one attached hydrogen (secondary N) is 3. The molecule has 0 aliphatic heterocycles. The molecular weight excluding hydrogens is 488 g/mol. The number of carbonyl (C=O) groups excluding carboxylic acids is 1. The first-order valence-electron chi connectivity index (χ1n) is 9.20. The molecular formula is C19H24Br2N6O. The molecule has 0 bridgehead atoms. The lowest BCUT2D eigenvalue weighted by Gasteiger charge is -2.29. The number of hydrogen-bond acceptors (Lipinski definition) is 5. The summed E-state index contributed by atoms with van der Waals surface area (Å²) < 4.78 is 1.79. The van der Waals surface area contributed by atoms with Crippen LogP contribution in [0.5, 0.6) is 0 Å². The van der Waals surface area contributed by atoms with E-state index in [1.54, 1.807) is 6.20 Å². The monoisotopic (exact) mass is 510 g/mol. The van der Waals surface area contributed by atoms with E-state index >= 15 is 0 Å². The number of hydrogen-bond donors (Lipinski definition) is 3. The van der Waals surface area contributed by atoms with E-state index in [4.69, 9.17) is 0 Å². The van der Waals surface area contributed by atoms with E-state index in [-0.39, 0.29) is 12.1 Å². The van der Waals surface area contributed by atoms with E-state index in [2.05, 4.69) is 57.8 Å². The number of urea groups is 1. The highest BCUT2D eigenvalue weighted by atomic mass is 79.9. The number of rotatable bonds is 5. The maximum Gasteiger partial charge on any atom is 0.319 e.